The van der Waals surface area contributed by atoms with E-state index in [1.807, 2.05) is 0 Å². The molecule has 4 nitrogen and oxygen atoms in total. The number of carbonyl (C=O) groups is 1. The van der Waals surface area contributed by atoms with Crippen molar-refractivity contribution < 1.29 is 18.7 Å². The van der Waals surface area contributed by atoms with E-state index in [-0.39, 0.29) is 27.8 Å². The summed E-state index contributed by atoms with van der Waals surface area (Å²) in [6.45, 7) is 4.11. The molecule has 0 bridgehead atoms. The molecule has 1 unspecified atom stereocenters. The van der Waals surface area contributed by atoms with E-state index in [1.54, 1.807) is 11.0 Å². The minimum atomic E-state index is -0.558. The largest absolute Gasteiger partial charge is 0.381 e. The predicted molar refractivity (Wildman–Crippen MR) is 96.8 cm³/mol. The van der Waals surface area contributed by atoms with Crippen LogP contribution in [0.25, 0.3) is 0 Å². The lowest BCUT2D eigenvalue weighted by molar-refractivity contribution is -0.0245. The number of nitrogens with zero attached hydrogens (tertiary/aromatic N) is 1. The van der Waals surface area contributed by atoms with E-state index in [2.05, 4.69) is 0 Å². The number of amides is 1. The van der Waals surface area contributed by atoms with Crippen molar-refractivity contribution in [2.24, 2.45) is 17.3 Å². The number of benzene rings is 1. The van der Waals surface area contributed by atoms with Gasteiger partial charge < -0.3 is 14.4 Å². The minimum absolute atomic E-state index is 0.00912. The summed E-state index contributed by atoms with van der Waals surface area (Å²) in [5.41, 5.74) is -0.00854. The maximum absolute atomic E-state index is 14.2. The lowest BCUT2D eigenvalue weighted by Crippen LogP contribution is -2.39. The molecule has 2 aliphatic heterocycles. The van der Waals surface area contributed by atoms with E-state index in [0.29, 0.717) is 32.9 Å². The molecule has 2 saturated heterocycles. The fourth-order valence-corrected chi connectivity index (χ4v) is 4.53. The Bertz CT molecular complexity index is 653. The SMILES string of the molecule is O=C(c1c(F)cccc1Cl)N1CC(COCC2CC2)C2(CCOCC2)C1. The van der Waals surface area contributed by atoms with E-state index in [4.69, 9.17) is 21.1 Å². The number of hydrogen-bond donors (Lipinski definition) is 0. The first kappa shape index (κ1) is 18.2. The van der Waals surface area contributed by atoms with E-state index in [9.17, 15) is 9.18 Å². The van der Waals surface area contributed by atoms with Crippen LogP contribution in [0.5, 0.6) is 0 Å². The quantitative estimate of drug-likeness (QED) is 0.779. The third-order valence-corrected chi connectivity index (χ3v) is 6.45. The molecule has 1 atom stereocenters. The highest BCUT2D eigenvalue weighted by atomic mass is 35.5. The second kappa shape index (κ2) is 7.45. The minimum Gasteiger partial charge on any atom is -0.381 e. The normalized spacial score (nSPS) is 25.0. The Balaban J connectivity index is 1.50. The molecule has 1 aromatic carbocycles. The number of hydrogen-bond acceptors (Lipinski definition) is 3. The van der Waals surface area contributed by atoms with Crippen LogP contribution in [0.3, 0.4) is 0 Å². The van der Waals surface area contributed by atoms with Crippen molar-refractivity contribution in [2.45, 2.75) is 25.7 Å². The van der Waals surface area contributed by atoms with Gasteiger partial charge in [0.15, 0.2) is 0 Å². The van der Waals surface area contributed by atoms with Gasteiger partial charge in [0.2, 0.25) is 0 Å². The zero-order chi connectivity index (χ0) is 18.1. The second-order valence-electron chi connectivity index (χ2n) is 7.93. The van der Waals surface area contributed by atoms with E-state index >= 15 is 0 Å². The Labute approximate surface area is 158 Å². The third kappa shape index (κ3) is 3.62. The number of likely N-dealkylation sites (tertiary alicyclic amines) is 1. The van der Waals surface area contributed by atoms with Crippen LogP contribution >= 0.6 is 11.6 Å². The molecule has 142 valence electrons. The Morgan fingerprint density at radius 1 is 1.31 bits per heavy atom. The van der Waals surface area contributed by atoms with Gasteiger partial charge in [-0.05, 0) is 49.1 Å². The fourth-order valence-electron chi connectivity index (χ4n) is 4.28. The summed E-state index contributed by atoms with van der Waals surface area (Å²) in [5.74, 6) is 0.109. The van der Waals surface area contributed by atoms with Gasteiger partial charge in [0.05, 0.1) is 17.2 Å². The molecule has 3 fully saturated rings. The molecule has 2 heterocycles. The van der Waals surface area contributed by atoms with Crippen molar-refractivity contribution in [1.82, 2.24) is 4.90 Å². The maximum Gasteiger partial charge on any atom is 0.258 e. The average molecular weight is 382 g/mol. The Kier molecular flexibility index (Phi) is 5.22. The molecule has 6 heteroatoms. The second-order valence-corrected chi connectivity index (χ2v) is 8.34. The number of rotatable bonds is 5. The Hall–Kier alpha value is -1.17. The number of ether oxygens (including phenoxy) is 2. The number of carbonyl (C=O) groups excluding carboxylic acids is 1. The Morgan fingerprint density at radius 3 is 2.77 bits per heavy atom. The molecule has 4 rings (SSSR count). The summed E-state index contributed by atoms with van der Waals surface area (Å²) in [6.07, 6.45) is 4.36. The summed E-state index contributed by atoms with van der Waals surface area (Å²) in [4.78, 5) is 14.7. The van der Waals surface area contributed by atoms with Crippen LogP contribution in [0.15, 0.2) is 18.2 Å². The first-order valence-electron chi connectivity index (χ1n) is 9.48. The van der Waals surface area contributed by atoms with Crippen LogP contribution in [0.4, 0.5) is 4.39 Å². The fraction of sp³-hybridized carbons (Fsp3) is 0.650. The van der Waals surface area contributed by atoms with Crippen LogP contribution in [-0.2, 0) is 9.47 Å². The van der Waals surface area contributed by atoms with Crippen molar-refractivity contribution >= 4 is 17.5 Å². The first-order valence-corrected chi connectivity index (χ1v) is 9.86. The molecule has 1 aromatic rings. The molecule has 0 aromatic heterocycles. The van der Waals surface area contributed by atoms with Gasteiger partial charge in [0.25, 0.3) is 5.91 Å². The topological polar surface area (TPSA) is 38.8 Å². The smallest absolute Gasteiger partial charge is 0.258 e. The summed E-state index contributed by atoms with van der Waals surface area (Å²) < 4.78 is 25.7. The number of halogens is 2. The van der Waals surface area contributed by atoms with E-state index in [1.165, 1.54) is 25.0 Å². The molecule has 1 amide bonds. The molecule has 0 radical (unpaired) electrons. The molecular formula is C20H25ClFNO3. The standard InChI is InChI=1S/C20H25ClFNO3/c21-16-2-1-3-17(22)18(16)19(24)23-10-15(12-26-11-14-4-5-14)20(13-23)6-8-25-9-7-20/h1-3,14-15H,4-13H2. The highest BCUT2D eigenvalue weighted by molar-refractivity contribution is 6.33. The monoisotopic (exact) mass is 381 g/mol. The van der Waals surface area contributed by atoms with Gasteiger partial charge in [-0.25, -0.2) is 4.39 Å². The molecule has 0 N–H and O–H groups in total. The van der Waals surface area contributed by atoms with Crippen molar-refractivity contribution in [3.63, 3.8) is 0 Å². The van der Waals surface area contributed by atoms with Crippen molar-refractivity contribution in [3.05, 3.63) is 34.6 Å². The van der Waals surface area contributed by atoms with Crippen LogP contribution < -0.4 is 0 Å². The molecule has 1 saturated carbocycles. The summed E-state index contributed by atoms with van der Waals surface area (Å²) in [7, 11) is 0. The zero-order valence-corrected chi connectivity index (χ0v) is 15.6. The predicted octanol–water partition coefficient (Wildman–Crippen LogP) is 3.77. The van der Waals surface area contributed by atoms with Gasteiger partial charge in [-0.3, -0.25) is 4.79 Å². The van der Waals surface area contributed by atoms with Gasteiger partial charge in [0, 0.05) is 38.8 Å². The third-order valence-electron chi connectivity index (χ3n) is 6.13. The van der Waals surface area contributed by atoms with Gasteiger partial charge >= 0.3 is 0 Å². The summed E-state index contributed by atoms with van der Waals surface area (Å²) >= 11 is 6.11. The van der Waals surface area contributed by atoms with Gasteiger partial charge in [-0.15, -0.1) is 0 Å². The molecule has 1 aliphatic carbocycles. The molecule has 3 aliphatic rings. The van der Waals surface area contributed by atoms with Crippen molar-refractivity contribution in [1.29, 1.82) is 0 Å². The maximum atomic E-state index is 14.2. The molecular weight excluding hydrogens is 357 g/mol. The van der Waals surface area contributed by atoms with Gasteiger partial charge in [0.1, 0.15) is 5.82 Å². The average Bonchev–Trinajstić information content (AvgIpc) is 3.39. The highest BCUT2D eigenvalue weighted by Crippen LogP contribution is 2.45. The van der Waals surface area contributed by atoms with E-state index < -0.39 is 5.82 Å². The molecule has 1 spiro atoms. The van der Waals surface area contributed by atoms with Gasteiger partial charge in [-0.2, -0.15) is 0 Å². The lowest BCUT2D eigenvalue weighted by atomic mass is 9.72. The van der Waals surface area contributed by atoms with Gasteiger partial charge in [-0.1, -0.05) is 17.7 Å². The molecule has 26 heavy (non-hydrogen) atoms. The van der Waals surface area contributed by atoms with E-state index in [0.717, 1.165) is 25.4 Å². The van der Waals surface area contributed by atoms with Crippen molar-refractivity contribution in [3.8, 4) is 0 Å². The summed E-state index contributed by atoms with van der Waals surface area (Å²) in [5, 5.41) is 0.171. The van der Waals surface area contributed by atoms with Crippen molar-refractivity contribution in [2.75, 3.05) is 39.5 Å². The Morgan fingerprint density at radius 2 is 2.08 bits per heavy atom. The summed E-state index contributed by atoms with van der Waals surface area (Å²) in [6, 6.07) is 4.37. The van der Waals surface area contributed by atoms with Crippen LogP contribution in [0.2, 0.25) is 5.02 Å². The van der Waals surface area contributed by atoms with Crippen LogP contribution in [-0.4, -0.2) is 50.3 Å². The lowest BCUT2D eigenvalue weighted by Gasteiger charge is -2.37. The highest BCUT2D eigenvalue weighted by Gasteiger charge is 2.49. The zero-order valence-electron chi connectivity index (χ0n) is 14.9. The first-order chi connectivity index (χ1) is 12.6. The van der Waals surface area contributed by atoms with Crippen LogP contribution in [0.1, 0.15) is 36.0 Å². The van der Waals surface area contributed by atoms with Crippen LogP contribution in [0, 0.1) is 23.1 Å².